The van der Waals surface area contributed by atoms with Crippen LogP contribution in [0.2, 0.25) is 0 Å². The summed E-state index contributed by atoms with van der Waals surface area (Å²) < 4.78 is 27.3. The monoisotopic (exact) mass is 376 g/mol. The van der Waals surface area contributed by atoms with Crippen LogP contribution in [0, 0.1) is 11.6 Å². The maximum absolute atomic E-state index is 13.6. The molecular formula is C22H14F2N2O2. The standard InChI is InChI=1S/C22H14F2N2O2/c23-15-10-14(11-16(24)12-15)21(28)19(20(27)13-6-2-1-3-7-13)22-25-17-8-4-5-9-18(17)26-22/h1-12,19H,(H,25,26). The van der Waals surface area contributed by atoms with Gasteiger partial charge in [0.2, 0.25) is 0 Å². The number of aromatic nitrogens is 2. The van der Waals surface area contributed by atoms with Gasteiger partial charge in [0.15, 0.2) is 11.6 Å². The number of ketones is 2. The Morgan fingerprint density at radius 1 is 0.786 bits per heavy atom. The number of carbonyl (C=O) groups is 2. The number of rotatable bonds is 5. The van der Waals surface area contributed by atoms with E-state index in [1.165, 1.54) is 0 Å². The zero-order valence-electron chi connectivity index (χ0n) is 14.5. The van der Waals surface area contributed by atoms with Gasteiger partial charge in [0.05, 0.1) is 11.0 Å². The molecule has 1 atom stereocenters. The number of nitrogens with zero attached hydrogens (tertiary/aromatic N) is 1. The Labute approximate surface area is 158 Å². The third-order valence-electron chi connectivity index (χ3n) is 4.41. The zero-order chi connectivity index (χ0) is 19.7. The van der Waals surface area contributed by atoms with E-state index in [0.717, 1.165) is 12.1 Å². The van der Waals surface area contributed by atoms with E-state index in [2.05, 4.69) is 9.97 Å². The minimum atomic E-state index is -1.35. The molecule has 0 fully saturated rings. The molecule has 0 spiro atoms. The van der Waals surface area contributed by atoms with Gasteiger partial charge in [-0.15, -0.1) is 0 Å². The Balaban J connectivity index is 1.85. The third-order valence-corrected chi connectivity index (χ3v) is 4.41. The quantitative estimate of drug-likeness (QED) is 0.406. The highest BCUT2D eigenvalue weighted by Gasteiger charge is 2.33. The molecule has 0 aliphatic carbocycles. The van der Waals surface area contributed by atoms with Gasteiger partial charge in [-0.3, -0.25) is 9.59 Å². The fraction of sp³-hybridized carbons (Fsp3) is 0.0455. The lowest BCUT2D eigenvalue weighted by Crippen LogP contribution is -2.24. The first-order valence-electron chi connectivity index (χ1n) is 8.57. The molecule has 1 heterocycles. The zero-order valence-corrected chi connectivity index (χ0v) is 14.5. The average molecular weight is 376 g/mol. The van der Waals surface area contributed by atoms with Gasteiger partial charge in [-0.05, 0) is 24.3 Å². The summed E-state index contributed by atoms with van der Waals surface area (Å²) in [6, 6.07) is 17.8. The maximum Gasteiger partial charge on any atom is 0.181 e. The van der Waals surface area contributed by atoms with Crippen LogP contribution in [-0.4, -0.2) is 21.5 Å². The summed E-state index contributed by atoms with van der Waals surface area (Å²) in [6.07, 6.45) is 0. The maximum atomic E-state index is 13.6. The minimum Gasteiger partial charge on any atom is -0.341 e. The first kappa shape index (κ1) is 17.7. The van der Waals surface area contributed by atoms with Crippen LogP contribution < -0.4 is 0 Å². The molecule has 1 N–H and O–H groups in total. The van der Waals surface area contributed by atoms with Gasteiger partial charge in [0.1, 0.15) is 23.4 Å². The first-order chi connectivity index (χ1) is 13.5. The topological polar surface area (TPSA) is 62.8 Å². The van der Waals surface area contributed by atoms with Crippen molar-refractivity contribution in [2.24, 2.45) is 0 Å². The summed E-state index contributed by atoms with van der Waals surface area (Å²) >= 11 is 0. The van der Waals surface area contributed by atoms with Crippen molar-refractivity contribution >= 4 is 22.6 Å². The Morgan fingerprint density at radius 2 is 1.39 bits per heavy atom. The van der Waals surface area contributed by atoms with Crippen LogP contribution in [0.3, 0.4) is 0 Å². The number of carbonyl (C=O) groups excluding carboxylic acids is 2. The highest BCUT2D eigenvalue weighted by atomic mass is 19.1. The van der Waals surface area contributed by atoms with Gasteiger partial charge in [-0.1, -0.05) is 42.5 Å². The van der Waals surface area contributed by atoms with Crippen LogP contribution in [0.15, 0.2) is 72.8 Å². The molecule has 4 rings (SSSR count). The highest BCUT2D eigenvalue weighted by molar-refractivity contribution is 6.19. The Kier molecular flexibility index (Phi) is 4.53. The molecule has 0 saturated carbocycles. The van der Waals surface area contributed by atoms with Gasteiger partial charge in [-0.25, -0.2) is 13.8 Å². The molecule has 3 aromatic carbocycles. The summed E-state index contributed by atoms with van der Waals surface area (Å²) in [6.45, 7) is 0. The van der Waals surface area contributed by atoms with Crippen LogP contribution in [0.1, 0.15) is 32.5 Å². The van der Waals surface area contributed by atoms with Crippen molar-refractivity contribution in [3.8, 4) is 0 Å². The predicted molar refractivity (Wildman–Crippen MR) is 100 cm³/mol. The van der Waals surface area contributed by atoms with E-state index < -0.39 is 29.1 Å². The third kappa shape index (κ3) is 3.32. The van der Waals surface area contributed by atoms with E-state index in [-0.39, 0.29) is 11.4 Å². The van der Waals surface area contributed by atoms with Gasteiger partial charge in [0.25, 0.3) is 0 Å². The van der Waals surface area contributed by atoms with Gasteiger partial charge >= 0.3 is 0 Å². The van der Waals surface area contributed by atoms with E-state index in [0.29, 0.717) is 22.7 Å². The number of para-hydroxylation sites is 2. The number of halogens is 2. The van der Waals surface area contributed by atoms with E-state index in [4.69, 9.17) is 0 Å². The lowest BCUT2D eigenvalue weighted by molar-refractivity contribution is 0.0855. The number of fused-ring (bicyclic) bond motifs is 1. The molecule has 28 heavy (non-hydrogen) atoms. The first-order valence-corrected chi connectivity index (χ1v) is 8.57. The summed E-state index contributed by atoms with van der Waals surface area (Å²) in [7, 11) is 0. The summed E-state index contributed by atoms with van der Waals surface area (Å²) in [4.78, 5) is 33.6. The van der Waals surface area contributed by atoms with E-state index in [1.54, 1.807) is 54.6 Å². The van der Waals surface area contributed by atoms with Crippen molar-refractivity contribution in [1.29, 1.82) is 0 Å². The van der Waals surface area contributed by atoms with Crippen molar-refractivity contribution < 1.29 is 18.4 Å². The van der Waals surface area contributed by atoms with Crippen molar-refractivity contribution in [2.45, 2.75) is 5.92 Å². The van der Waals surface area contributed by atoms with Crippen molar-refractivity contribution in [3.05, 3.63) is 101 Å². The molecule has 0 aliphatic heterocycles. The van der Waals surface area contributed by atoms with Gasteiger partial charge < -0.3 is 4.98 Å². The average Bonchev–Trinajstić information content (AvgIpc) is 3.11. The minimum absolute atomic E-state index is 0.129. The normalized spacial score (nSPS) is 12.1. The number of H-pyrrole nitrogens is 1. The van der Waals surface area contributed by atoms with Crippen LogP contribution in [0.25, 0.3) is 11.0 Å². The Hall–Kier alpha value is -3.67. The largest absolute Gasteiger partial charge is 0.341 e. The molecule has 138 valence electrons. The van der Waals surface area contributed by atoms with Crippen molar-refractivity contribution in [1.82, 2.24) is 9.97 Å². The van der Waals surface area contributed by atoms with Crippen LogP contribution in [0.5, 0.6) is 0 Å². The Morgan fingerprint density at radius 3 is 2.07 bits per heavy atom. The molecule has 0 amide bonds. The number of hydrogen-bond acceptors (Lipinski definition) is 3. The highest BCUT2D eigenvalue weighted by Crippen LogP contribution is 2.26. The molecule has 4 nitrogen and oxygen atoms in total. The Bertz CT molecular complexity index is 1130. The molecule has 4 aromatic rings. The smallest absolute Gasteiger partial charge is 0.181 e. The summed E-state index contributed by atoms with van der Waals surface area (Å²) in [5, 5.41) is 0. The molecule has 6 heteroatoms. The van der Waals surface area contributed by atoms with Gasteiger partial charge in [0, 0.05) is 17.2 Å². The van der Waals surface area contributed by atoms with Crippen molar-refractivity contribution in [2.75, 3.05) is 0 Å². The fourth-order valence-electron chi connectivity index (χ4n) is 3.11. The van der Waals surface area contributed by atoms with E-state index in [1.807, 2.05) is 0 Å². The molecule has 1 aromatic heterocycles. The van der Waals surface area contributed by atoms with Crippen LogP contribution in [0.4, 0.5) is 8.78 Å². The van der Waals surface area contributed by atoms with Crippen LogP contribution in [-0.2, 0) is 0 Å². The fourth-order valence-corrected chi connectivity index (χ4v) is 3.11. The predicted octanol–water partition coefficient (Wildman–Crippen LogP) is 4.69. The number of aromatic amines is 1. The number of Topliss-reactive ketones (excluding diaryl/α,β-unsaturated/α-hetero) is 2. The van der Waals surface area contributed by atoms with E-state index in [9.17, 15) is 18.4 Å². The summed E-state index contributed by atoms with van der Waals surface area (Å²) in [5.41, 5.74) is 1.31. The van der Waals surface area contributed by atoms with Crippen LogP contribution >= 0.6 is 0 Å². The number of imidazole rings is 1. The number of hydrogen-bond donors (Lipinski definition) is 1. The molecule has 0 aliphatic rings. The van der Waals surface area contributed by atoms with E-state index >= 15 is 0 Å². The molecule has 1 unspecified atom stereocenters. The SMILES string of the molecule is O=C(c1ccccc1)C(C(=O)c1cc(F)cc(F)c1)c1nc2ccccc2[nH]1. The van der Waals surface area contributed by atoms with Crippen molar-refractivity contribution in [3.63, 3.8) is 0 Å². The second-order valence-electron chi connectivity index (χ2n) is 6.32. The molecule has 0 radical (unpaired) electrons. The lowest BCUT2D eigenvalue weighted by Gasteiger charge is -2.13. The second-order valence-corrected chi connectivity index (χ2v) is 6.32. The lowest BCUT2D eigenvalue weighted by atomic mass is 9.89. The molecule has 0 bridgehead atoms. The summed E-state index contributed by atoms with van der Waals surface area (Å²) in [5.74, 6) is -4.24. The molecular weight excluding hydrogens is 362 g/mol. The van der Waals surface area contributed by atoms with Gasteiger partial charge in [-0.2, -0.15) is 0 Å². The number of benzene rings is 3. The number of nitrogens with one attached hydrogen (secondary N) is 1. The molecule has 0 saturated heterocycles. The second kappa shape index (κ2) is 7.15.